The fourth-order valence-corrected chi connectivity index (χ4v) is 4.85. The number of nitrogens with two attached hydrogens (primary N) is 1. The average molecular weight is 217 g/mol. The molecule has 0 atom stereocenters. The summed E-state index contributed by atoms with van der Waals surface area (Å²) in [5.74, 6) is 4.51. The molecule has 3 nitrogen and oxygen atoms in total. The highest BCUT2D eigenvalue weighted by Gasteiger charge is 2.49. The highest BCUT2D eigenvalue weighted by molar-refractivity contribution is 5.24. The zero-order chi connectivity index (χ0) is 10.7. The van der Waals surface area contributed by atoms with Crippen molar-refractivity contribution in [3.8, 4) is 0 Å². The summed E-state index contributed by atoms with van der Waals surface area (Å²) in [6, 6.07) is 2.59. The summed E-state index contributed by atoms with van der Waals surface area (Å²) in [5, 5.41) is 4.45. The van der Waals surface area contributed by atoms with Crippen LogP contribution in [0, 0.1) is 23.7 Å². The van der Waals surface area contributed by atoms with Crippen LogP contribution in [-0.4, -0.2) is 9.78 Å². The number of hydrogen-bond acceptors (Lipinski definition) is 2. The first-order valence-electron chi connectivity index (χ1n) is 6.60. The van der Waals surface area contributed by atoms with E-state index in [0.29, 0.717) is 11.9 Å². The van der Waals surface area contributed by atoms with E-state index >= 15 is 0 Å². The summed E-state index contributed by atoms with van der Waals surface area (Å²) < 4.78 is 2.17. The minimum Gasteiger partial charge on any atom is -0.382 e. The van der Waals surface area contributed by atoms with Crippen molar-refractivity contribution in [2.24, 2.45) is 23.7 Å². The van der Waals surface area contributed by atoms with Crippen LogP contribution in [0.3, 0.4) is 0 Å². The van der Waals surface area contributed by atoms with Crippen LogP contribution in [0.2, 0.25) is 0 Å². The van der Waals surface area contributed by atoms with E-state index in [1.54, 1.807) is 0 Å². The Morgan fingerprint density at radius 2 is 1.69 bits per heavy atom. The normalized spacial score (nSPS) is 45.1. The molecule has 4 aliphatic rings. The fourth-order valence-electron chi connectivity index (χ4n) is 4.85. The van der Waals surface area contributed by atoms with Crippen molar-refractivity contribution >= 4 is 5.82 Å². The minimum atomic E-state index is 0.657. The first kappa shape index (κ1) is 9.08. The van der Waals surface area contributed by atoms with E-state index < -0.39 is 0 Å². The Kier molecular flexibility index (Phi) is 1.72. The van der Waals surface area contributed by atoms with Crippen LogP contribution < -0.4 is 5.73 Å². The predicted molar refractivity (Wildman–Crippen MR) is 62.7 cm³/mol. The van der Waals surface area contributed by atoms with Crippen LogP contribution >= 0.6 is 0 Å². The molecule has 4 fully saturated rings. The summed E-state index contributed by atoms with van der Waals surface area (Å²) in [6.07, 6.45) is 9.37. The third kappa shape index (κ3) is 1.17. The molecule has 0 radical (unpaired) electrons. The molecular formula is C13H19N3. The lowest BCUT2D eigenvalue weighted by Gasteiger charge is -2.54. The molecule has 4 saturated carbocycles. The number of hydrogen-bond donors (Lipinski definition) is 1. The van der Waals surface area contributed by atoms with E-state index in [0.717, 1.165) is 23.7 Å². The van der Waals surface area contributed by atoms with Gasteiger partial charge in [-0.2, -0.15) is 5.10 Å². The van der Waals surface area contributed by atoms with E-state index in [-0.39, 0.29) is 0 Å². The second kappa shape index (κ2) is 3.02. The van der Waals surface area contributed by atoms with Crippen LogP contribution in [0.25, 0.3) is 0 Å². The third-order valence-corrected chi connectivity index (χ3v) is 5.11. The lowest BCUT2D eigenvalue weighted by Crippen LogP contribution is -2.46. The molecule has 1 aromatic rings. The highest BCUT2D eigenvalue weighted by Crippen LogP contribution is 2.58. The minimum absolute atomic E-state index is 0.657. The summed E-state index contributed by atoms with van der Waals surface area (Å²) >= 11 is 0. The van der Waals surface area contributed by atoms with Crippen molar-refractivity contribution in [2.75, 3.05) is 5.73 Å². The molecule has 1 aromatic heterocycles. The molecule has 5 rings (SSSR count). The number of nitrogen functional groups attached to an aromatic ring is 1. The van der Waals surface area contributed by atoms with Gasteiger partial charge in [0.25, 0.3) is 0 Å². The van der Waals surface area contributed by atoms with Crippen LogP contribution in [0.15, 0.2) is 12.3 Å². The van der Waals surface area contributed by atoms with E-state index in [4.69, 9.17) is 5.73 Å². The van der Waals surface area contributed by atoms with Crippen LogP contribution in [0.1, 0.15) is 38.1 Å². The summed E-state index contributed by atoms with van der Waals surface area (Å²) in [6.45, 7) is 0. The molecule has 1 heterocycles. The van der Waals surface area contributed by atoms with E-state index in [1.165, 1.54) is 32.1 Å². The molecule has 4 aliphatic carbocycles. The monoisotopic (exact) mass is 217 g/mol. The number of nitrogens with zero attached hydrogens (tertiary/aromatic N) is 2. The second-order valence-corrected chi connectivity index (χ2v) is 6.14. The van der Waals surface area contributed by atoms with Crippen molar-refractivity contribution in [1.29, 1.82) is 0 Å². The maximum Gasteiger partial charge on any atom is 0.145 e. The van der Waals surface area contributed by atoms with Gasteiger partial charge in [-0.15, -0.1) is 0 Å². The molecule has 0 aromatic carbocycles. The molecule has 4 bridgehead atoms. The molecule has 0 unspecified atom stereocenters. The Hall–Kier alpha value is -0.990. The first-order valence-corrected chi connectivity index (χ1v) is 6.60. The van der Waals surface area contributed by atoms with Gasteiger partial charge in [-0.1, -0.05) is 0 Å². The Labute approximate surface area is 96.0 Å². The Morgan fingerprint density at radius 1 is 1.06 bits per heavy atom. The van der Waals surface area contributed by atoms with Gasteiger partial charge in [-0.3, -0.25) is 4.68 Å². The number of rotatable bonds is 1. The lowest BCUT2D eigenvalue weighted by atomic mass is 9.54. The zero-order valence-electron chi connectivity index (χ0n) is 9.55. The Balaban J connectivity index is 1.69. The number of anilines is 1. The van der Waals surface area contributed by atoms with Gasteiger partial charge in [0.1, 0.15) is 5.82 Å². The topological polar surface area (TPSA) is 43.8 Å². The van der Waals surface area contributed by atoms with Gasteiger partial charge >= 0.3 is 0 Å². The lowest BCUT2D eigenvalue weighted by molar-refractivity contribution is -0.0335. The maximum atomic E-state index is 5.74. The van der Waals surface area contributed by atoms with Crippen molar-refractivity contribution in [1.82, 2.24) is 9.78 Å². The SMILES string of the molecule is Nc1ccn(C2C3CC4CC(C3)CC2C4)n1. The Bertz CT molecular complexity index is 381. The number of aromatic nitrogens is 2. The summed E-state index contributed by atoms with van der Waals surface area (Å²) in [7, 11) is 0. The second-order valence-electron chi connectivity index (χ2n) is 6.14. The zero-order valence-corrected chi connectivity index (χ0v) is 9.55. The predicted octanol–water partition coefficient (Wildman–Crippen LogP) is 2.46. The van der Waals surface area contributed by atoms with Crippen LogP contribution in [0.5, 0.6) is 0 Å². The summed E-state index contributed by atoms with van der Waals surface area (Å²) in [5.41, 5.74) is 5.74. The largest absolute Gasteiger partial charge is 0.382 e. The molecule has 86 valence electrons. The van der Waals surface area contributed by atoms with Gasteiger partial charge in [-0.25, -0.2) is 0 Å². The van der Waals surface area contributed by atoms with E-state index in [1.807, 2.05) is 6.07 Å². The van der Waals surface area contributed by atoms with Crippen LogP contribution in [0.4, 0.5) is 5.82 Å². The van der Waals surface area contributed by atoms with Gasteiger partial charge in [-0.05, 0) is 61.8 Å². The molecule has 3 heteroatoms. The summed E-state index contributed by atoms with van der Waals surface area (Å²) in [4.78, 5) is 0. The molecule has 16 heavy (non-hydrogen) atoms. The van der Waals surface area contributed by atoms with Gasteiger partial charge in [0.15, 0.2) is 0 Å². The third-order valence-electron chi connectivity index (χ3n) is 5.11. The molecule has 0 amide bonds. The highest BCUT2D eigenvalue weighted by atomic mass is 15.3. The van der Waals surface area contributed by atoms with Gasteiger partial charge < -0.3 is 5.73 Å². The fraction of sp³-hybridized carbons (Fsp3) is 0.769. The molecule has 0 saturated heterocycles. The quantitative estimate of drug-likeness (QED) is 0.785. The molecule has 0 spiro atoms. The smallest absolute Gasteiger partial charge is 0.145 e. The van der Waals surface area contributed by atoms with E-state index in [2.05, 4.69) is 16.0 Å². The van der Waals surface area contributed by atoms with Gasteiger partial charge in [0.2, 0.25) is 0 Å². The van der Waals surface area contributed by atoms with E-state index in [9.17, 15) is 0 Å². The van der Waals surface area contributed by atoms with Gasteiger partial charge in [0, 0.05) is 6.20 Å². The van der Waals surface area contributed by atoms with Gasteiger partial charge in [0.05, 0.1) is 6.04 Å². The maximum absolute atomic E-state index is 5.74. The van der Waals surface area contributed by atoms with Crippen LogP contribution in [-0.2, 0) is 0 Å². The molecule has 0 aliphatic heterocycles. The molecular weight excluding hydrogens is 198 g/mol. The Morgan fingerprint density at radius 3 is 2.19 bits per heavy atom. The average Bonchev–Trinajstić information content (AvgIpc) is 2.63. The van der Waals surface area contributed by atoms with Crippen molar-refractivity contribution in [2.45, 2.75) is 38.1 Å². The van der Waals surface area contributed by atoms with Crippen molar-refractivity contribution in [3.63, 3.8) is 0 Å². The standard InChI is InChI=1S/C13H19N3/c14-12-1-2-16(15-12)13-10-4-8-3-9(6-10)7-11(13)5-8/h1-2,8-11,13H,3-7H2,(H2,14,15). The van der Waals surface area contributed by atoms with Crippen molar-refractivity contribution < 1.29 is 0 Å². The first-order chi connectivity index (χ1) is 7.79. The molecule has 2 N–H and O–H groups in total. The van der Waals surface area contributed by atoms with Crippen molar-refractivity contribution in [3.05, 3.63) is 12.3 Å².